The molecule has 130 valence electrons. The fourth-order valence-corrected chi connectivity index (χ4v) is 3.51. The summed E-state index contributed by atoms with van der Waals surface area (Å²) in [6.07, 6.45) is 4.41. The van der Waals surface area contributed by atoms with Gasteiger partial charge >= 0.3 is 0 Å². The van der Waals surface area contributed by atoms with Crippen molar-refractivity contribution in [3.05, 3.63) is 35.8 Å². The number of ether oxygens (including phenoxy) is 1. The molecule has 2 aliphatic heterocycles. The minimum atomic E-state index is -0.135. The Bertz CT molecular complexity index is 786. The molecule has 1 amide bonds. The zero-order valence-corrected chi connectivity index (χ0v) is 14.4. The minimum absolute atomic E-state index is 0.119. The maximum atomic E-state index is 12.4. The van der Waals surface area contributed by atoms with Crippen LogP contribution in [0.2, 0.25) is 0 Å². The maximum Gasteiger partial charge on any atom is 0.270 e. The molecule has 0 bridgehead atoms. The molecular weight excluding hydrogens is 318 g/mol. The van der Waals surface area contributed by atoms with Gasteiger partial charge in [-0.2, -0.15) is 0 Å². The molecule has 0 saturated carbocycles. The number of rotatable bonds is 2. The first-order valence-electron chi connectivity index (χ1n) is 8.61. The molecule has 7 heteroatoms. The second kappa shape index (κ2) is 6.40. The third-order valence-electron chi connectivity index (χ3n) is 4.50. The van der Waals surface area contributed by atoms with Crippen LogP contribution in [0.5, 0.6) is 0 Å². The summed E-state index contributed by atoms with van der Waals surface area (Å²) in [5, 5.41) is 2.88. The van der Waals surface area contributed by atoms with Gasteiger partial charge in [0.1, 0.15) is 11.5 Å². The lowest BCUT2D eigenvalue weighted by atomic mass is 10.0. The minimum Gasteiger partial charge on any atom is -0.372 e. The summed E-state index contributed by atoms with van der Waals surface area (Å²) in [4.78, 5) is 28.1. The highest BCUT2D eigenvalue weighted by molar-refractivity contribution is 5.96. The quantitative estimate of drug-likeness (QED) is 0.892. The van der Waals surface area contributed by atoms with E-state index in [4.69, 9.17) is 9.72 Å². The largest absolute Gasteiger partial charge is 0.372 e. The first kappa shape index (κ1) is 16.0. The highest BCUT2D eigenvalue weighted by Crippen LogP contribution is 2.29. The molecule has 2 atom stereocenters. The Morgan fingerprint density at radius 1 is 1.24 bits per heavy atom. The maximum absolute atomic E-state index is 12.4. The number of morpholine rings is 1. The van der Waals surface area contributed by atoms with Gasteiger partial charge in [-0.05, 0) is 32.4 Å². The van der Waals surface area contributed by atoms with Crippen molar-refractivity contribution >= 4 is 11.7 Å². The number of pyridine rings is 1. The van der Waals surface area contributed by atoms with Crippen molar-refractivity contribution in [2.75, 3.05) is 24.5 Å². The van der Waals surface area contributed by atoms with Gasteiger partial charge in [0, 0.05) is 43.2 Å². The summed E-state index contributed by atoms with van der Waals surface area (Å²) in [5.41, 5.74) is 2.21. The van der Waals surface area contributed by atoms with Crippen molar-refractivity contribution in [2.24, 2.45) is 0 Å². The van der Waals surface area contributed by atoms with Crippen LogP contribution >= 0.6 is 0 Å². The lowest BCUT2D eigenvalue weighted by molar-refractivity contribution is -0.00551. The van der Waals surface area contributed by atoms with E-state index in [-0.39, 0.29) is 18.1 Å². The van der Waals surface area contributed by atoms with E-state index in [0.29, 0.717) is 18.1 Å². The highest BCUT2D eigenvalue weighted by atomic mass is 16.5. The van der Waals surface area contributed by atoms with Crippen molar-refractivity contribution in [1.82, 2.24) is 20.3 Å². The molecule has 1 fully saturated rings. The van der Waals surface area contributed by atoms with Gasteiger partial charge in [-0.15, -0.1) is 0 Å². The van der Waals surface area contributed by atoms with E-state index in [9.17, 15) is 4.79 Å². The number of fused-ring (bicyclic) bond motifs is 1. The Balaban J connectivity index is 1.84. The average Bonchev–Trinajstić information content (AvgIpc) is 2.61. The monoisotopic (exact) mass is 339 g/mol. The molecule has 0 aromatic carbocycles. The molecule has 7 nitrogen and oxygen atoms in total. The van der Waals surface area contributed by atoms with E-state index in [1.54, 1.807) is 12.4 Å². The Morgan fingerprint density at radius 3 is 2.76 bits per heavy atom. The molecule has 4 rings (SSSR count). The van der Waals surface area contributed by atoms with Gasteiger partial charge in [0.2, 0.25) is 0 Å². The molecule has 25 heavy (non-hydrogen) atoms. The molecule has 2 aromatic heterocycles. The zero-order valence-electron chi connectivity index (χ0n) is 14.4. The molecule has 0 unspecified atom stereocenters. The number of carbonyl (C=O) groups excluding carboxylic acids is 1. The molecular formula is C18H21N5O2. The van der Waals surface area contributed by atoms with Crippen LogP contribution in [0, 0.1) is 0 Å². The number of hydrogen-bond donors (Lipinski definition) is 1. The first-order valence-corrected chi connectivity index (χ1v) is 8.61. The van der Waals surface area contributed by atoms with Gasteiger partial charge in [0.15, 0.2) is 5.82 Å². The van der Waals surface area contributed by atoms with E-state index in [1.807, 2.05) is 12.1 Å². The van der Waals surface area contributed by atoms with Gasteiger partial charge in [0.05, 0.1) is 12.2 Å². The SMILES string of the molecule is C[C@@H]1CN(c2nc(-c3cccnc3)nc3c2CCNC3=O)C[C@H](C)O1. The number of nitrogens with one attached hydrogen (secondary N) is 1. The lowest BCUT2D eigenvalue weighted by Crippen LogP contribution is -2.47. The van der Waals surface area contributed by atoms with Crippen molar-refractivity contribution in [3.8, 4) is 11.4 Å². The average molecular weight is 339 g/mol. The number of carbonyl (C=O) groups is 1. The Labute approximate surface area is 146 Å². The van der Waals surface area contributed by atoms with E-state index in [1.165, 1.54) is 0 Å². The van der Waals surface area contributed by atoms with Crippen LogP contribution < -0.4 is 10.2 Å². The van der Waals surface area contributed by atoms with Crippen molar-refractivity contribution in [2.45, 2.75) is 32.5 Å². The predicted octanol–water partition coefficient (Wildman–Crippen LogP) is 1.44. The third-order valence-corrected chi connectivity index (χ3v) is 4.50. The van der Waals surface area contributed by atoms with Crippen LogP contribution in [0.25, 0.3) is 11.4 Å². The summed E-state index contributed by atoms with van der Waals surface area (Å²) >= 11 is 0. The highest BCUT2D eigenvalue weighted by Gasteiger charge is 2.30. The molecule has 1 saturated heterocycles. The standard InChI is InChI=1S/C18H21N5O2/c1-11-9-23(10-12(2)25-11)17-14-5-7-20-18(24)15(14)21-16(22-17)13-4-3-6-19-8-13/h3-4,6,8,11-12H,5,7,9-10H2,1-2H3,(H,20,24)/t11-,12+. The molecule has 0 radical (unpaired) electrons. The van der Waals surface area contributed by atoms with Crippen molar-refractivity contribution < 1.29 is 9.53 Å². The molecule has 4 heterocycles. The van der Waals surface area contributed by atoms with Gasteiger partial charge in [0.25, 0.3) is 5.91 Å². The predicted molar refractivity (Wildman–Crippen MR) is 93.5 cm³/mol. The zero-order chi connectivity index (χ0) is 17.4. The fourth-order valence-electron chi connectivity index (χ4n) is 3.51. The fraction of sp³-hybridized carbons (Fsp3) is 0.444. The second-order valence-electron chi connectivity index (χ2n) is 6.61. The molecule has 1 N–H and O–H groups in total. The molecule has 2 aliphatic rings. The number of amides is 1. The Hall–Kier alpha value is -2.54. The number of nitrogens with zero attached hydrogens (tertiary/aromatic N) is 4. The smallest absolute Gasteiger partial charge is 0.270 e. The van der Waals surface area contributed by atoms with Gasteiger partial charge in [-0.3, -0.25) is 9.78 Å². The summed E-state index contributed by atoms with van der Waals surface area (Å²) in [6.45, 7) is 6.24. The topological polar surface area (TPSA) is 80.2 Å². The first-order chi connectivity index (χ1) is 12.1. The normalized spacial score (nSPS) is 23.1. The van der Waals surface area contributed by atoms with E-state index >= 15 is 0 Å². The number of anilines is 1. The van der Waals surface area contributed by atoms with Crippen molar-refractivity contribution in [1.29, 1.82) is 0 Å². The van der Waals surface area contributed by atoms with Crippen LogP contribution in [0.1, 0.15) is 29.9 Å². The van der Waals surface area contributed by atoms with Gasteiger partial charge in [-0.1, -0.05) is 0 Å². The summed E-state index contributed by atoms with van der Waals surface area (Å²) in [6, 6.07) is 3.75. The lowest BCUT2D eigenvalue weighted by Gasteiger charge is -2.37. The van der Waals surface area contributed by atoms with Crippen LogP contribution in [0.4, 0.5) is 5.82 Å². The Morgan fingerprint density at radius 2 is 2.04 bits per heavy atom. The van der Waals surface area contributed by atoms with Crippen LogP contribution in [-0.4, -0.2) is 52.7 Å². The van der Waals surface area contributed by atoms with Crippen molar-refractivity contribution in [3.63, 3.8) is 0 Å². The molecule has 0 aliphatic carbocycles. The summed E-state index contributed by atoms with van der Waals surface area (Å²) < 4.78 is 5.84. The van der Waals surface area contributed by atoms with Gasteiger partial charge < -0.3 is 15.0 Å². The third kappa shape index (κ3) is 3.07. The molecule has 2 aromatic rings. The number of aromatic nitrogens is 3. The molecule has 0 spiro atoms. The van der Waals surface area contributed by atoms with Gasteiger partial charge in [-0.25, -0.2) is 9.97 Å². The summed E-state index contributed by atoms with van der Waals surface area (Å²) in [5.74, 6) is 1.25. The van der Waals surface area contributed by atoms with E-state index in [0.717, 1.165) is 36.5 Å². The van der Waals surface area contributed by atoms with Crippen LogP contribution in [-0.2, 0) is 11.2 Å². The second-order valence-corrected chi connectivity index (χ2v) is 6.61. The van der Waals surface area contributed by atoms with E-state index < -0.39 is 0 Å². The Kier molecular flexibility index (Phi) is 4.09. The van der Waals surface area contributed by atoms with Crippen LogP contribution in [0.3, 0.4) is 0 Å². The number of hydrogen-bond acceptors (Lipinski definition) is 6. The van der Waals surface area contributed by atoms with Crippen LogP contribution in [0.15, 0.2) is 24.5 Å². The summed E-state index contributed by atoms with van der Waals surface area (Å²) in [7, 11) is 0. The van der Waals surface area contributed by atoms with E-state index in [2.05, 4.69) is 34.0 Å².